The van der Waals surface area contributed by atoms with Crippen LogP contribution in [0, 0.1) is 5.92 Å². The van der Waals surface area contributed by atoms with Crippen LogP contribution in [0.25, 0.3) is 0 Å². The van der Waals surface area contributed by atoms with Crippen LogP contribution in [0.2, 0.25) is 0 Å². The lowest BCUT2D eigenvalue weighted by atomic mass is 9.93. The Morgan fingerprint density at radius 3 is 2.44 bits per heavy atom. The third-order valence-corrected chi connectivity index (χ3v) is 3.40. The normalized spacial score (nSPS) is 21.1. The van der Waals surface area contributed by atoms with Gasteiger partial charge in [0.2, 0.25) is 0 Å². The van der Waals surface area contributed by atoms with Gasteiger partial charge in [-0.1, -0.05) is 0 Å². The van der Waals surface area contributed by atoms with Crippen LogP contribution in [0.4, 0.5) is 13.2 Å². The summed E-state index contributed by atoms with van der Waals surface area (Å²) in [5, 5.41) is 0. The highest BCUT2D eigenvalue weighted by Gasteiger charge is 2.49. The zero-order valence-corrected chi connectivity index (χ0v) is 10.2. The van der Waals surface area contributed by atoms with Crippen LogP contribution < -0.4 is 0 Å². The summed E-state index contributed by atoms with van der Waals surface area (Å²) in [5.41, 5.74) is -5.45. The maximum Gasteiger partial charge on any atom is 0.534 e. The number of hydrogen-bond donors (Lipinski definition) is 0. The molecule has 18 heavy (non-hydrogen) atoms. The standard InChI is InChI=1S/C9H11F3O5S/c1-16-8(13)6-2-4-7(5-3-6)17-18(14,15)9(10,11)12/h4,6H,2-3,5H2,1H3. The van der Waals surface area contributed by atoms with E-state index in [2.05, 4.69) is 8.92 Å². The lowest BCUT2D eigenvalue weighted by molar-refractivity contribution is -0.145. The monoisotopic (exact) mass is 288 g/mol. The molecule has 0 bridgehead atoms. The number of hydrogen-bond acceptors (Lipinski definition) is 5. The molecule has 1 rings (SSSR count). The van der Waals surface area contributed by atoms with E-state index in [1.54, 1.807) is 0 Å². The highest BCUT2D eigenvalue weighted by molar-refractivity contribution is 7.87. The van der Waals surface area contributed by atoms with Crippen molar-refractivity contribution in [2.75, 3.05) is 7.11 Å². The Bertz CT molecular complexity index is 451. The molecule has 1 aliphatic rings. The molecule has 0 heterocycles. The molecule has 0 aromatic heterocycles. The van der Waals surface area contributed by atoms with Crippen LogP contribution in [-0.2, 0) is 23.8 Å². The van der Waals surface area contributed by atoms with Crippen LogP contribution in [0.5, 0.6) is 0 Å². The van der Waals surface area contributed by atoms with Crippen molar-refractivity contribution in [1.82, 2.24) is 0 Å². The lowest BCUT2D eigenvalue weighted by Gasteiger charge is -2.20. The summed E-state index contributed by atoms with van der Waals surface area (Å²) in [4.78, 5) is 11.1. The molecular weight excluding hydrogens is 277 g/mol. The Labute approximate surface area is 102 Å². The summed E-state index contributed by atoms with van der Waals surface area (Å²) in [5.74, 6) is -1.26. The molecule has 1 atom stereocenters. The number of rotatable bonds is 3. The van der Waals surface area contributed by atoms with E-state index in [-0.39, 0.29) is 25.0 Å². The van der Waals surface area contributed by atoms with Crippen molar-refractivity contribution in [3.05, 3.63) is 11.8 Å². The van der Waals surface area contributed by atoms with Crippen molar-refractivity contribution in [3.63, 3.8) is 0 Å². The molecule has 0 saturated carbocycles. The van der Waals surface area contributed by atoms with Crippen LogP contribution >= 0.6 is 0 Å². The Balaban J connectivity index is 2.68. The summed E-state index contributed by atoms with van der Waals surface area (Å²) < 4.78 is 66.0. The second-order valence-corrected chi connectivity index (χ2v) is 5.19. The van der Waals surface area contributed by atoms with Crippen LogP contribution in [-0.4, -0.2) is 27.0 Å². The lowest BCUT2D eigenvalue weighted by Crippen LogP contribution is -2.26. The average molecular weight is 288 g/mol. The van der Waals surface area contributed by atoms with E-state index in [1.165, 1.54) is 7.11 Å². The minimum Gasteiger partial charge on any atom is -0.469 e. The van der Waals surface area contributed by atoms with Gasteiger partial charge in [-0.2, -0.15) is 21.6 Å². The molecule has 5 nitrogen and oxygen atoms in total. The van der Waals surface area contributed by atoms with Crippen LogP contribution in [0.3, 0.4) is 0 Å². The molecule has 0 radical (unpaired) electrons. The van der Waals surface area contributed by atoms with Gasteiger partial charge >= 0.3 is 21.6 Å². The molecule has 1 unspecified atom stereocenters. The van der Waals surface area contributed by atoms with E-state index in [1.807, 2.05) is 0 Å². The predicted octanol–water partition coefficient (Wildman–Crippen LogP) is 1.71. The highest BCUT2D eigenvalue weighted by atomic mass is 32.2. The summed E-state index contributed by atoms with van der Waals surface area (Å²) in [6.45, 7) is 0. The summed E-state index contributed by atoms with van der Waals surface area (Å²) in [7, 11) is -4.42. The second-order valence-electron chi connectivity index (χ2n) is 3.65. The van der Waals surface area contributed by atoms with Crippen LogP contribution in [0.1, 0.15) is 19.3 Å². The third kappa shape index (κ3) is 3.37. The minimum absolute atomic E-state index is 0.0604. The fraction of sp³-hybridized carbons (Fsp3) is 0.667. The average Bonchev–Trinajstić information content (AvgIpc) is 2.27. The molecule has 1 aliphatic carbocycles. The number of allylic oxidation sites excluding steroid dienone is 2. The Morgan fingerprint density at radius 2 is 2.06 bits per heavy atom. The highest BCUT2D eigenvalue weighted by Crippen LogP contribution is 2.31. The van der Waals surface area contributed by atoms with E-state index < -0.39 is 27.5 Å². The Hall–Kier alpha value is -1.25. The van der Waals surface area contributed by atoms with E-state index >= 15 is 0 Å². The van der Waals surface area contributed by atoms with Crippen molar-refractivity contribution in [2.45, 2.75) is 24.8 Å². The van der Waals surface area contributed by atoms with Gasteiger partial charge in [0, 0.05) is 6.42 Å². The molecule has 0 N–H and O–H groups in total. The smallest absolute Gasteiger partial charge is 0.469 e. The number of methoxy groups -OCH3 is 1. The largest absolute Gasteiger partial charge is 0.534 e. The molecule has 0 aromatic rings. The number of carbonyl (C=O) groups excluding carboxylic acids is 1. The first kappa shape index (κ1) is 14.8. The zero-order valence-electron chi connectivity index (χ0n) is 9.36. The van der Waals surface area contributed by atoms with E-state index in [0.29, 0.717) is 0 Å². The molecule has 9 heteroatoms. The van der Waals surface area contributed by atoms with Gasteiger partial charge in [-0.3, -0.25) is 4.79 Å². The molecule has 104 valence electrons. The second kappa shape index (κ2) is 5.17. The van der Waals surface area contributed by atoms with Crippen LogP contribution in [0.15, 0.2) is 11.8 Å². The SMILES string of the molecule is COC(=O)C1CC=C(OS(=O)(=O)C(F)(F)F)CC1. The van der Waals surface area contributed by atoms with Gasteiger partial charge < -0.3 is 8.92 Å². The third-order valence-electron chi connectivity index (χ3n) is 2.40. The fourth-order valence-corrected chi connectivity index (χ4v) is 1.98. The first-order valence-corrected chi connectivity index (χ1v) is 6.36. The van der Waals surface area contributed by atoms with Gasteiger partial charge in [-0.05, 0) is 18.9 Å². The zero-order chi connectivity index (χ0) is 14.0. The molecule has 0 amide bonds. The first-order chi connectivity index (χ1) is 8.17. The minimum atomic E-state index is -5.63. The molecule has 0 fully saturated rings. The molecule has 0 aliphatic heterocycles. The Morgan fingerprint density at radius 1 is 1.44 bits per heavy atom. The molecular formula is C9H11F3O5S. The quantitative estimate of drug-likeness (QED) is 0.449. The summed E-state index contributed by atoms with van der Waals surface area (Å²) in [6.07, 6.45) is 1.38. The molecule has 0 spiro atoms. The van der Waals surface area contributed by atoms with Gasteiger partial charge in [0.25, 0.3) is 0 Å². The number of halogens is 3. The number of alkyl halides is 3. The van der Waals surface area contributed by atoms with Crippen molar-refractivity contribution in [2.24, 2.45) is 5.92 Å². The maximum atomic E-state index is 12.0. The number of carbonyl (C=O) groups is 1. The van der Waals surface area contributed by atoms with Crippen molar-refractivity contribution in [1.29, 1.82) is 0 Å². The molecule has 0 saturated heterocycles. The van der Waals surface area contributed by atoms with E-state index in [9.17, 15) is 26.4 Å². The summed E-state index contributed by atoms with van der Waals surface area (Å²) >= 11 is 0. The fourth-order valence-electron chi connectivity index (χ4n) is 1.45. The topological polar surface area (TPSA) is 69.7 Å². The first-order valence-electron chi connectivity index (χ1n) is 4.95. The van der Waals surface area contributed by atoms with Crippen molar-refractivity contribution in [3.8, 4) is 0 Å². The number of esters is 1. The maximum absolute atomic E-state index is 12.0. The van der Waals surface area contributed by atoms with E-state index in [4.69, 9.17) is 0 Å². The van der Waals surface area contributed by atoms with Gasteiger partial charge in [-0.25, -0.2) is 0 Å². The number of ether oxygens (including phenoxy) is 1. The van der Waals surface area contributed by atoms with Crippen molar-refractivity contribution >= 4 is 16.1 Å². The van der Waals surface area contributed by atoms with E-state index in [0.717, 1.165) is 6.08 Å². The van der Waals surface area contributed by atoms with Gasteiger partial charge in [-0.15, -0.1) is 0 Å². The van der Waals surface area contributed by atoms with Gasteiger partial charge in [0.05, 0.1) is 13.0 Å². The predicted molar refractivity (Wildman–Crippen MR) is 53.5 cm³/mol. The van der Waals surface area contributed by atoms with Crippen molar-refractivity contribution < 1.29 is 35.3 Å². The van der Waals surface area contributed by atoms with Gasteiger partial charge in [0.1, 0.15) is 5.76 Å². The summed E-state index contributed by atoms with van der Waals surface area (Å²) in [6, 6.07) is 0. The molecule has 0 aromatic carbocycles. The Kier molecular flexibility index (Phi) is 4.25. The van der Waals surface area contributed by atoms with Gasteiger partial charge in [0.15, 0.2) is 0 Å².